The van der Waals surface area contributed by atoms with Crippen LogP contribution < -0.4 is 0 Å². The fraction of sp³-hybridized carbons (Fsp3) is 0.154. The fourth-order valence-corrected chi connectivity index (χ4v) is 2.12. The minimum atomic E-state index is -0.0544. The van der Waals surface area contributed by atoms with Gasteiger partial charge in [-0.05, 0) is 60.2 Å². The maximum Gasteiger partial charge on any atom is 0.229 e. The SMILES string of the molecule is Cc1ccc(C(=O)c2cccc(C)c2I)o1. The van der Waals surface area contributed by atoms with Crippen molar-refractivity contribution in [3.05, 3.63) is 56.5 Å². The lowest BCUT2D eigenvalue weighted by molar-refractivity contribution is 0.101. The first kappa shape index (κ1) is 11.4. The standard InChI is InChI=1S/C13H11IO2/c1-8-4-3-5-10(12(8)14)13(15)11-7-6-9(2)16-11/h3-7H,1-2H3. The number of rotatable bonds is 2. The number of hydrogen-bond donors (Lipinski definition) is 0. The summed E-state index contributed by atoms with van der Waals surface area (Å²) in [4.78, 5) is 12.1. The van der Waals surface area contributed by atoms with Crippen molar-refractivity contribution < 1.29 is 9.21 Å². The van der Waals surface area contributed by atoms with Crippen molar-refractivity contribution in [1.82, 2.24) is 0 Å². The van der Waals surface area contributed by atoms with Gasteiger partial charge in [0, 0.05) is 9.13 Å². The molecule has 2 rings (SSSR count). The molecule has 1 heterocycles. The molecule has 0 radical (unpaired) electrons. The number of carbonyl (C=O) groups excluding carboxylic acids is 1. The molecule has 0 saturated heterocycles. The van der Waals surface area contributed by atoms with Crippen LogP contribution in [0.3, 0.4) is 0 Å². The zero-order valence-electron chi connectivity index (χ0n) is 9.08. The Morgan fingerprint density at radius 1 is 1.19 bits per heavy atom. The molecule has 0 spiro atoms. The van der Waals surface area contributed by atoms with E-state index in [9.17, 15) is 4.79 Å². The van der Waals surface area contributed by atoms with Gasteiger partial charge in [-0.25, -0.2) is 0 Å². The fourth-order valence-electron chi connectivity index (χ4n) is 1.51. The molecule has 0 amide bonds. The molecule has 16 heavy (non-hydrogen) atoms. The topological polar surface area (TPSA) is 30.2 Å². The summed E-state index contributed by atoms with van der Waals surface area (Å²) in [7, 11) is 0. The molecule has 2 aromatic rings. The highest BCUT2D eigenvalue weighted by molar-refractivity contribution is 14.1. The molecule has 0 unspecified atom stereocenters. The van der Waals surface area contributed by atoms with Crippen LogP contribution in [-0.4, -0.2) is 5.78 Å². The van der Waals surface area contributed by atoms with E-state index < -0.39 is 0 Å². The van der Waals surface area contributed by atoms with E-state index in [0.29, 0.717) is 11.3 Å². The number of furan rings is 1. The molecule has 0 aliphatic rings. The summed E-state index contributed by atoms with van der Waals surface area (Å²) in [5.41, 5.74) is 1.81. The van der Waals surface area contributed by atoms with Gasteiger partial charge in [0.2, 0.25) is 5.78 Å². The predicted molar refractivity (Wildman–Crippen MR) is 70.8 cm³/mol. The Kier molecular flexibility index (Phi) is 3.14. The highest BCUT2D eigenvalue weighted by Crippen LogP contribution is 2.20. The van der Waals surface area contributed by atoms with Gasteiger partial charge in [0.05, 0.1) is 0 Å². The van der Waals surface area contributed by atoms with Crippen molar-refractivity contribution in [2.75, 3.05) is 0 Å². The Hall–Kier alpha value is -1.10. The van der Waals surface area contributed by atoms with Crippen molar-refractivity contribution in [2.24, 2.45) is 0 Å². The summed E-state index contributed by atoms with van der Waals surface area (Å²) in [6, 6.07) is 9.23. The average Bonchev–Trinajstić information content (AvgIpc) is 2.68. The second-order valence-corrected chi connectivity index (χ2v) is 4.75. The first-order valence-electron chi connectivity index (χ1n) is 4.96. The molecule has 3 heteroatoms. The molecule has 2 nitrogen and oxygen atoms in total. The largest absolute Gasteiger partial charge is 0.458 e. The second kappa shape index (κ2) is 4.41. The summed E-state index contributed by atoms with van der Waals surface area (Å²) in [6.07, 6.45) is 0. The van der Waals surface area contributed by atoms with Crippen molar-refractivity contribution in [2.45, 2.75) is 13.8 Å². The normalized spacial score (nSPS) is 10.4. The lowest BCUT2D eigenvalue weighted by atomic mass is 10.1. The zero-order chi connectivity index (χ0) is 11.7. The number of hydrogen-bond acceptors (Lipinski definition) is 2. The third kappa shape index (κ3) is 2.04. The van der Waals surface area contributed by atoms with Crippen LogP contribution in [0.25, 0.3) is 0 Å². The van der Waals surface area contributed by atoms with E-state index in [1.165, 1.54) is 0 Å². The maximum atomic E-state index is 12.1. The van der Waals surface area contributed by atoms with E-state index in [1.807, 2.05) is 32.0 Å². The Bertz CT molecular complexity index is 541. The molecule has 1 aromatic carbocycles. The van der Waals surface area contributed by atoms with Gasteiger partial charge in [-0.2, -0.15) is 0 Å². The zero-order valence-corrected chi connectivity index (χ0v) is 11.2. The van der Waals surface area contributed by atoms with Crippen LogP contribution in [0.1, 0.15) is 27.4 Å². The Labute approximate surface area is 108 Å². The molecule has 0 aliphatic carbocycles. The average molecular weight is 326 g/mol. The first-order chi connectivity index (χ1) is 7.59. The lowest BCUT2D eigenvalue weighted by Crippen LogP contribution is -2.03. The van der Waals surface area contributed by atoms with Crippen molar-refractivity contribution in [3.63, 3.8) is 0 Å². The minimum Gasteiger partial charge on any atom is -0.458 e. The highest BCUT2D eigenvalue weighted by Gasteiger charge is 2.16. The van der Waals surface area contributed by atoms with Gasteiger partial charge >= 0.3 is 0 Å². The van der Waals surface area contributed by atoms with Crippen LogP contribution >= 0.6 is 22.6 Å². The van der Waals surface area contributed by atoms with E-state index in [-0.39, 0.29) is 5.78 Å². The third-order valence-corrected chi connectivity index (χ3v) is 3.83. The highest BCUT2D eigenvalue weighted by atomic mass is 127. The molecule has 82 valence electrons. The van der Waals surface area contributed by atoms with Crippen LogP contribution in [0.15, 0.2) is 34.7 Å². The van der Waals surface area contributed by atoms with Crippen LogP contribution in [0, 0.1) is 17.4 Å². The Morgan fingerprint density at radius 3 is 2.56 bits per heavy atom. The van der Waals surface area contributed by atoms with Gasteiger partial charge in [-0.1, -0.05) is 12.1 Å². The van der Waals surface area contributed by atoms with Crippen LogP contribution in [-0.2, 0) is 0 Å². The molecule has 1 aromatic heterocycles. The van der Waals surface area contributed by atoms with Crippen LogP contribution in [0.4, 0.5) is 0 Å². The first-order valence-corrected chi connectivity index (χ1v) is 6.03. The smallest absolute Gasteiger partial charge is 0.229 e. The molecule has 0 saturated carbocycles. The molecule has 0 atom stereocenters. The summed E-state index contributed by atoms with van der Waals surface area (Å²) in [6.45, 7) is 3.82. The van der Waals surface area contributed by atoms with Gasteiger partial charge in [0.25, 0.3) is 0 Å². The van der Waals surface area contributed by atoms with Gasteiger partial charge in [-0.3, -0.25) is 4.79 Å². The summed E-state index contributed by atoms with van der Waals surface area (Å²) in [5.74, 6) is 1.10. The van der Waals surface area contributed by atoms with Crippen molar-refractivity contribution in [3.8, 4) is 0 Å². The Balaban J connectivity index is 2.45. The van der Waals surface area contributed by atoms with Crippen molar-refractivity contribution in [1.29, 1.82) is 0 Å². The van der Waals surface area contributed by atoms with E-state index in [4.69, 9.17) is 4.42 Å². The molecular formula is C13H11IO2. The van der Waals surface area contributed by atoms with Crippen LogP contribution in [0.2, 0.25) is 0 Å². The molecule has 0 bridgehead atoms. The molecular weight excluding hydrogens is 315 g/mol. The maximum absolute atomic E-state index is 12.1. The predicted octanol–water partition coefficient (Wildman–Crippen LogP) is 3.73. The van der Waals surface area contributed by atoms with Crippen LogP contribution in [0.5, 0.6) is 0 Å². The quantitative estimate of drug-likeness (QED) is 0.622. The number of carbonyl (C=O) groups is 1. The molecule has 0 fully saturated rings. The van der Waals surface area contributed by atoms with E-state index >= 15 is 0 Å². The van der Waals surface area contributed by atoms with Gasteiger partial charge in [0.15, 0.2) is 5.76 Å². The number of ketones is 1. The van der Waals surface area contributed by atoms with Gasteiger partial charge in [-0.15, -0.1) is 0 Å². The molecule has 0 aliphatic heterocycles. The number of aryl methyl sites for hydroxylation is 2. The monoisotopic (exact) mass is 326 g/mol. The van der Waals surface area contributed by atoms with Gasteiger partial charge < -0.3 is 4.42 Å². The Morgan fingerprint density at radius 2 is 1.94 bits per heavy atom. The lowest BCUT2D eigenvalue weighted by Gasteiger charge is -2.04. The number of benzene rings is 1. The summed E-state index contributed by atoms with van der Waals surface area (Å²) < 4.78 is 6.33. The molecule has 0 N–H and O–H groups in total. The van der Waals surface area contributed by atoms with E-state index in [1.54, 1.807) is 12.1 Å². The van der Waals surface area contributed by atoms with E-state index in [0.717, 1.165) is 14.9 Å². The summed E-state index contributed by atoms with van der Waals surface area (Å²) >= 11 is 2.19. The van der Waals surface area contributed by atoms with Crippen molar-refractivity contribution >= 4 is 28.4 Å². The number of halogens is 1. The third-order valence-electron chi connectivity index (χ3n) is 2.40. The van der Waals surface area contributed by atoms with Gasteiger partial charge in [0.1, 0.15) is 5.76 Å². The minimum absolute atomic E-state index is 0.0544. The van der Waals surface area contributed by atoms with E-state index in [2.05, 4.69) is 22.6 Å². The summed E-state index contributed by atoms with van der Waals surface area (Å²) in [5, 5.41) is 0. The second-order valence-electron chi connectivity index (χ2n) is 3.68.